The highest BCUT2D eigenvalue weighted by Crippen LogP contribution is 2.10. The van der Waals surface area contributed by atoms with Crippen molar-refractivity contribution in [2.45, 2.75) is 12.5 Å². The third-order valence-electron chi connectivity index (χ3n) is 3.07. The molecule has 0 unspecified atom stereocenters. The summed E-state index contributed by atoms with van der Waals surface area (Å²) < 4.78 is 5.88. The molecule has 0 saturated heterocycles. The number of aromatic nitrogens is 1. The van der Waals surface area contributed by atoms with Gasteiger partial charge in [-0.3, -0.25) is 9.78 Å². The number of halogens is 1. The van der Waals surface area contributed by atoms with E-state index < -0.39 is 12.0 Å². The Morgan fingerprint density at radius 1 is 1.27 bits per heavy atom. The van der Waals surface area contributed by atoms with E-state index in [1.165, 1.54) is 13.3 Å². The van der Waals surface area contributed by atoms with Gasteiger partial charge in [-0.25, -0.2) is 4.79 Å². The van der Waals surface area contributed by atoms with Crippen molar-refractivity contribution in [1.82, 2.24) is 10.3 Å². The van der Waals surface area contributed by atoms with Gasteiger partial charge in [0.1, 0.15) is 6.04 Å². The van der Waals surface area contributed by atoms with Gasteiger partial charge >= 0.3 is 5.97 Å². The lowest BCUT2D eigenvalue weighted by atomic mass is 10.1. The van der Waals surface area contributed by atoms with Crippen molar-refractivity contribution in [3.63, 3.8) is 0 Å². The van der Waals surface area contributed by atoms with E-state index in [4.69, 9.17) is 4.74 Å². The Kier molecular flexibility index (Phi) is 5.88. The molecule has 1 heterocycles. The van der Waals surface area contributed by atoms with Crippen molar-refractivity contribution in [3.8, 4) is 0 Å². The Morgan fingerprint density at radius 2 is 2.00 bits per heavy atom. The zero-order chi connectivity index (χ0) is 15.9. The second-order valence-corrected chi connectivity index (χ2v) is 5.87. The summed E-state index contributed by atoms with van der Waals surface area (Å²) in [5.74, 6) is -0.829. The molecular weight excluding hydrogens is 395 g/mol. The lowest BCUT2D eigenvalue weighted by molar-refractivity contribution is -0.142. The molecule has 2 aromatic rings. The molecule has 1 aromatic heterocycles. The highest BCUT2D eigenvalue weighted by atomic mass is 127. The lowest BCUT2D eigenvalue weighted by Crippen LogP contribution is -2.43. The van der Waals surface area contributed by atoms with E-state index in [-0.39, 0.29) is 5.91 Å². The van der Waals surface area contributed by atoms with E-state index in [1.54, 1.807) is 18.3 Å². The minimum absolute atomic E-state index is 0.353. The normalized spacial score (nSPS) is 11.5. The second-order valence-electron chi connectivity index (χ2n) is 4.62. The van der Waals surface area contributed by atoms with Crippen molar-refractivity contribution < 1.29 is 14.3 Å². The maximum atomic E-state index is 12.2. The summed E-state index contributed by atoms with van der Waals surface area (Å²) in [5.41, 5.74) is 1.35. The van der Waals surface area contributed by atoms with Crippen molar-refractivity contribution in [2.75, 3.05) is 7.11 Å². The first-order valence-electron chi connectivity index (χ1n) is 6.63. The number of ether oxygens (including phenoxy) is 1. The van der Waals surface area contributed by atoms with Gasteiger partial charge < -0.3 is 10.1 Å². The van der Waals surface area contributed by atoms with Crippen LogP contribution in [0.1, 0.15) is 15.9 Å². The average molecular weight is 410 g/mol. The number of nitrogens with zero attached hydrogens (tertiary/aromatic N) is 1. The predicted octanol–water partition coefficient (Wildman–Crippen LogP) is 2.20. The number of methoxy groups -OCH3 is 1. The molecule has 0 spiro atoms. The molecule has 0 aliphatic rings. The first kappa shape index (κ1) is 16.4. The number of rotatable bonds is 5. The van der Waals surface area contributed by atoms with Crippen LogP contribution < -0.4 is 5.32 Å². The topological polar surface area (TPSA) is 68.3 Å². The number of hydrogen-bond donors (Lipinski definition) is 1. The molecular formula is C16H15IN2O3. The molecule has 0 bridgehead atoms. The molecule has 1 aromatic carbocycles. The molecule has 0 aliphatic heterocycles. The smallest absolute Gasteiger partial charge is 0.328 e. The van der Waals surface area contributed by atoms with Gasteiger partial charge in [0.25, 0.3) is 5.91 Å². The predicted molar refractivity (Wildman–Crippen MR) is 90.4 cm³/mol. The van der Waals surface area contributed by atoms with Crippen LogP contribution in [0.2, 0.25) is 0 Å². The molecule has 0 fully saturated rings. The third-order valence-corrected chi connectivity index (χ3v) is 3.79. The minimum atomic E-state index is -0.738. The zero-order valence-electron chi connectivity index (χ0n) is 12.0. The van der Waals surface area contributed by atoms with Crippen molar-refractivity contribution >= 4 is 34.5 Å². The summed E-state index contributed by atoms with van der Waals surface area (Å²) in [4.78, 5) is 27.9. The van der Waals surface area contributed by atoms with Crippen LogP contribution in [0.3, 0.4) is 0 Å². The van der Waals surface area contributed by atoms with Gasteiger partial charge in [-0.05, 0) is 52.4 Å². The number of benzene rings is 1. The highest BCUT2D eigenvalue weighted by Gasteiger charge is 2.22. The monoisotopic (exact) mass is 410 g/mol. The number of esters is 1. The maximum absolute atomic E-state index is 12.2. The van der Waals surface area contributed by atoms with Crippen LogP contribution in [0.25, 0.3) is 0 Å². The summed E-state index contributed by atoms with van der Waals surface area (Å²) in [6.07, 6.45) is 3.41. The molecule has 0 aliphatic carbocycles. The fraction of sp³-hybridized carbons (Fsp3) is 0.188. The number of carbonyl (C=O) groups is 2. The highest BCUT2D eigenvalue weighted by molar-refractivity contribution is 14.1. The molecule has 0 radical (unpaired) electrons. The summed E-state index contributed by atoms with van der Waals surface area (Å²) >= 11 is 2.21. The van der Waals surface area contributed by atoms with Crippen LogP contribution in [0.15, 0.2) is 48.8 Å². The molecule has 6 heteroatoms. The fourth-order valence-electron chi connectivity index (χ4n) is 1.93. The summed E-state index contributed by atoms with van der Waals surface area (Å²) in [6, 6.07) is 10.3. The van der Waals surface area contributed by atoms with Crippen molar-refractivity contribution in [2.24, 2.45) is 0 Å². The number of nitrogens with one attached hydrogen (secondary N) is 1. The SMILES string of the molecule is COC(=O)[C@@H](Cc1ccc(I)cc1)NC(=O)c1cccnc1. The summed E-state index contributed by atoms with van der Waals surface area (Å²) in [5, 5.41) is 2.69. The van der Waals surface area contributed by atoms with Gasteiger partial charge in [0.2, 0.25) is 0 Å². The van der Waals surface area contributed by atoms with Gasteiger partial charge in [-0.1, -0.05) is 12.1 Å². The zero-order valence-corrected chi connectivity index (χ0v) is 14.1. The van der Waals surface area contributed by atoms with E-state index in [0.29, 0.717) is 12.0 Å². The Hall–Kier alpha value is -1.96. The molecule has 1 N–H and O–H groups in total. The van der Waals surface area contributed by atoms with Crippen molar-refractivity contribution in [1.29, 1.82) is 0 Å². The summed E-state index contributed by atoms with van der Waals surface area (Å²) in [6.45, 7) is 0. The molecule has 2 rings (SSSR count). The van der Waals surface area contributed by atoms with Crippen LogP contribution in [-0.2, 0) is 16.0 Å². The van der Waals surface area contributed by atoms with Crippen LogP contribution in [0.4, 0.5) is 0 Å². The van der Waals surface area contributed by atoms with E-state index >= 15 is 0 Å². The first-order valence-corrected chi connectivity index (χ1v) is 7.71. The number of hydrogen-bond acceptors (Lipinski definition) is 4. The van der Waals surface area contributed by atoms with E-state index in [2.05, 4.69) is 32.9 Å². The maximum Gasteiger partial charge on any atom is 0.328 e. The standard InChI is InChI=1S/C16H15IN2O3/c1-22-16(21)14(9-11-4-6-13(17)7-5-11)19-15(20)12-3-2-8-18-10-12/h2-8,10,14H,9H2,1H3,(H,19,20)/t14-/m1/s1. The molecule has 1 atom stereocenters. The minimum Gasteiger partial charge on any atom is -0.467 e. The van der Waals surface area contributed by atoms with E-state index in [0.717, 1.165) is 9.13 Å². The average Bonchev–Trinajstić information content (AvgIpc) is 2.56. The summed E-state index contributed by atoms with van der Waals surface area (Å²) in [7, 11) is 1.31. The van der Waals surface area contributed by atoms with Gasteiger partial charge in [-0.2, -0.15) is 0 Å². The van der Waals surface area contributed by atoms with Gasteiger partial charge in [0.05, 0.1) is 12.7 Å². The molecule has 1 amide bonds. The van der Waals surface area contributed by atoms with Crippen LogP contribution in [0, 0.1) is 3.57 Å². The van der Waals surface area contributed by atoms with E-state index in [1.807, 2.05) is 24.3 Å². The first-order chi connectivity index (χ1) is 10.6. The van der Waals surface area contributed by atoms with Gasteiger partial charge in [0.15, 0.2) is 0 Å². The molecule has 5 nitrogen and oxygen atoms in total. The van der Waals surface area contributed by atoms with Crippen LogP contribution in [-0.4, -0.2) is 30.0 Å². The Bertz CT molecular complexity index is 644. The quantitative estimate of drug-likeness (QED) is 0.607. The molecule has 22 heavy (non-hydrogen) atoms. The molecule has 114 valence electrons. The van der Waals surface area contributed by atoms with Crippen LogP contribution >= 0.6 is 22.6 Å². The number of carbonyl (C=O) groups excluding carboxylic acids is 2. The van der Waals surface area contributed by atoms with Gasteiger partial charge in [0, 0.05) is 22.4 Å². The number of amides is 1. The third kappa shape index (κ3) is 4.52. The van der Waals surface area contributed by atoms with Crippen LogP contribution in [0.5, 0.6) is 0 Å². The molecule has 0 saturated carbocycles. The van der Waals surface area contributed by atoms with E-state index in [9.17, 15) is 9.59 Å². The second kappa shape index (κ2) is 7.88. The Balaban J connectivity index is 2.11. The van der Waals surface area contributed by atoms with Gasteiger partial charge in [-0.15, -0.1) is 0 Å². The number of pyridine rings is 1. The Labute approximate surface area is 142 Å². The van der Waals surface area contributed by atoms with Crippen molar-refractivity contribution in [3.05, 3.63) is 63.5 Å². The largest absolute Gasteiger partial charge is 0.467 e. The fourth-order valence-corrected chi connectivity index (χ4v) is 2.29. The Morgan fingerprint density at radius 3 is 2.59 bits per heavy atom. The lowest BCUT2D eigenvalue weighted by Gasteiger charge is -2.16.